The number of carbonyl (C=O) groups is 1. The molecule has 0 bridgehead atoms. The Morgan fingerprint density at radius 1 is 1.27 bits per heavy atom. The first-order valence-electron chi connectivity index (χ1n) is 6.45. The van der Waals surface area contributed by atoms with Crippen molar-refractivity contribution in [1.82, 2.24) is 5.32 Å². The predicted octanol–water partition coefficient (Wildman–Crippen LogP) is 2.67. The van der Waals surface area contributed by atoms with Crippen molar-refractivity contribution in [1.29, 1.82) is 0 Å². The van der Waals surface area contributed by atoms with Crippen LogP contribution < -0.4 is 5.32 Å². The van der Waals surface area contributed by atoms with Crippen LogP contribution in [-0.4, -0.2) is 18.4 Å². The Bertz CT molecular complexity index is 227. The van der Waals surface area contributed by atoms with Gasteiger partial charge in [0.05, 0.1) is 0 Å². The zero-order valence-corrected chi connectivity index (χ0v) is 9.85. The van der Waals surface area contributed by atoms with Crippen LogP contribution in [0.4, 0.5) is 0 Å². The van der Waals surface area contributed by atoms with E-state index in [-0.39, 0.29) is 5.54 Å². The van der Waals surface area contributed by atoms with Gasteiger partial charge in [0.25, 0.3) is 0 Å². The van der Waals surface area contributed by atoms with E-state index < -0.39 is 0 Å². The molecule has 2 saturated carbocycles. The quantitative estimate of drug-likeness (QED) is 0.754. The molecule has 2 aliphatic rings. The highest BCUT2D eigenvalue weighted by atomic mass is 16.1. The van der Waals surface area contributed by atoms with Gasteiger partial charge >= 0.3 is 0 Å². The zero-order valence-electron chi connectivity index (χ0n) is 9.85. The van der Waals surface area contributed by atoms with Gasteiger partial charge in [-0.15, -0.1) is 0 Å². The summed E-state index contributed by atoms with van der Waals surface area (Å²) in [6, 6.07) is 0. The normalized spacial score (nSPS) is 25.1. The molecule has 2 fully saturated rings. The SMILES string of the molecule is CNC1(CC(=O)CC2CC2)CCCCC1. The van der Waals surface area contributed by atoms with E-state index in [9.17, 15) is 4.79 Å². The van der Waals surface area contributed by atoms with Gasteiger partial charge in [-0.1, -0.05) is 19.3 Å². The lowest BCUT2D eigenvalue weighted by Crippen LogP contribution is -2.46. The summed E-state index contributed by atoms with van der Waals surface area (Å²) < 4.78 is 0. The minimum Gasteiger partial charge on any atom is -0.314 e. The van der Waals surface area contributed by atoms with Gasteiger partial charge in [0.1, 0.15) is 5.78 Å². The number of nitrogens with one attached hydrogen (secondary N) is 1. The second-order valence-electron chi connectivity index (χ2n) is 5.45. The van der Waals surface area contributed by atoms with Crippen molar-refractivity contribution in [2.45, 2.75) is 63.3 Å². The predicted molar refractivity (Wildman–Crippen MR) is 61.8 cm³/mol. The smallest absolute Gasteiger partial charge is 0.135 e. The largest absolute Gasteiger partial charge is 0.314 e. The molecule has 2 heteroatoms. The van der Waals surface area contributed by atoms with E-state index in [1.54, 1.807) is 0 Å². The average Bonchev–Trinajstić information content (AvgIpc) is 3.03. The monoisotopic (exact) mass is 209 g/mol. The molecule has 0 radical (unpaired) electrons. The molecule has 0 heterocycles. The van der Waals surface area contributed by atoms with E-state index in [2.05, 4.69) is 5.32 Å². The van der Waals surface area contributed by atoms with E-state index in [0.29, 0.717) is 5.78 Å². The molecule has 0 spiro atoms. The van der Waals surface area contributed by atoms with Crippen LogP contribution in [-0.2, 0) is 4.79 Å². The molecule has 0 aromatic heterocycles. The fourth-order valence-electron chi connectivity index (χ4n) is 2.84. The molecule has 0 saturated heterocycles. The van der Waals surface area contributed by atoms with Crippen molar-refractivity contribution >= 4 is 5.78 Å². The molecule has 0 amide bonds. The third-order valence-electron chi connectivity index (χ3n) is 4.09. The van der Waals surface area contributed by atoms with Crippen molar-refractivity contribution in [2.24, 2.45) is 5.92 Å². The highest BCUT2D eigenvalue weighted by Crippen LogP contribution is 2.36. The maximum atomic E-state index is 11.9. The summed E-state index contributed by atoms with van der Waals surface area (Å²) in [4.78, 5) is 11.9. The molecule has 0 aromatic rings. The summed E-state index contributed by atoms with van der Waals surface area (Å²) in [5.74, 6) is 1.24. The maximum Gasteiger partial charge on any atom is 0.135 e. The first kappa shape index (κ1) is 11.1. The molecule has 0 atom stereocenters. The molecule has 86 valence electrons. The maximum absolute atomic E-state index is 11.9. The zero-order chi connectivity index (χ0) is 10.7. The third kappa shape index (κ3) is 3.04. The van der Waals surface area contributed by atoms with Crippen molar-refractivity contribution in [3.05, 3.63) is 0 Å². The van der Waals surface area contributed by atoms with Crippen LogP contribution in [0.15, 0.2) is 0 Å². The summed E-state index contributed by atoms with van der Waals surface area (Å²) in [6.45, 7) is 0. The summed E-state index contributed by atoms with van der Waals surface area (Å²) in [7, 11) is 2.02. The van der Waals surface area contributed by atoms with Crippen LogP contribution >= 0.6 is 0 Å². The minimum absolute atomic E-state index is 0.157. The van der Waals surface area contributed by atoms with Crippen molar-refractivity contribution in [3.63, 3.8) is 0 Å². The van der Waals surface area contributed by atoms with Gasteiger partial charge in [0.15, 0.2) is 0 Å². The lowest BCUT2D eigenvalue weighted by atomic mass is 9.78. The Hall–Kier alpha value is -0.370. The van der Waals surface area contributed by atoms with Gasteiger partial charge in [-0.2, -0.15) is 0 Å². The number of ketones is 1. The highest BCUT2D eigenvalue weighted by molar-refractivity contribution is 5.80. The lowest BCUT2D eigenvalue weighted by molar-refractivity contribution is -0.121. The molecule has 2 nitrogen and oxygen atoms in total. The molecule has 1 N–H and O–H groups in total. The van der Waals surface area contributed by atoms with E-state index >= 15 is 0 Å². The van der Waals surface area contributed by atoms with Gasteiger partial charge < -0.3 is 5.32 Å². The molecule has 0 aromatic carbocycles. The number of hydrogen-bond acceptors (Lipinski definition) is 2. The van der Waals surface area contributed by atoms with Crippen LogP contribution in [0.1, 0.15) is 57.8 Å². The third-order valence-corrected chi connectivity index (χ3v) is 4.09. The van der Waals surface area contributed by atoms with E-state index in [1.807, 2.05) is 7.05 Å². The second kappa shape index (κ2) is 4.65. The second-order valence-corrected chi connectivity index (χ2v) is 5.45. The first-order valence-corrected chi connectivity index (χ1v) is 6.45. The van der Waals surface area contributed by atoms with Crippen molar-refractivity contribution in [2.75, 3.05) is 7.05 Å². The molecule has 2 rings (SSSR count). The van der Waals surface area contributed by atoms with Gasteiger partial charge in [0, 0.05) is 18.4 Å². The van der Waals surface area contributed by atoms with E-state index in [0.717, 1.165) is 18.8 Å². The Morgan fingerprint density at radius 3 is 2.47 bits per heavy atom. The number of Topliss-reactive ketones (excluding diaryl/α,β-unsaturated/α-hetero) is 1. The Balaban J connectivity index is 1.84. The first-order chi connectivity index (χ1) is 7.24. The Morgan fingerprint density at radius 2 is 1.93 bits per heavy atom. The summed E-state index contributed by atoms with van der Waals surface area (Å²) in [6.07, 6.45) is 10.5. The van der Waals surface area contributed by atoms with Crippen LogP contribution in [0, 0.1) is 5.92 Å². The van der Waals surface area contributed by atoms with Crippen molar-refractivity contribution in [3.8, 4) is 0 Å². The van der Waals surface area contributed by atoms with Crippen molar-refractivity contribution < 1.29 is 4.79 Å². The van der Waals surface area contributed by atoms with E-state index in [4.69, 9.17) is 0 Å². The van der Waals surface area contributed by atoms with Gasteiger partial charge in [0.2, 0.25) is 0 Å². The summed E-state index contributed by atoms with van der Waals surface area (Å²) in [5.41, 5.74) is 0.157. The fraction of sp³-hybridized carbons (Fsp3) is 0.923. The summed E-state index contributed by atoms with van der Waals surface area (Å²) in [5, 5.41) is 3.42. The standard InChI is InChI=1S/C13H23NO/c1-14-13(7-3-2-4-8-13)10-12(15)9-11-5-6-11/h11,14H,2-10H2,1H3. The van der Waals surface area contributed by atoms with Crippen LogP contribution in [0.2, 0.25) is 0 Å². The van der Waals surface area contributed by atoms with Gasteiger partial charge in [-0.05, 0) is 38.6 Å². The molecule has 15 heavy (non-hydrogen) atoms. The Kier molecular flexibility index (Phi) is 3.45. The molecule has 2 aliphatic carbocycles. The molecule has 0 unspecified atom stereocenters. The number of carbonyl (C=O) groups excluding carboxylic acids is 1. The van der Waals surface area contributed by atoms with Gasteiger partial charge in [-0.25, -0.2) is 0 Å². The summed E-state index contributed by atoms with van der Waals surface area (Å²) >= 11 is 0. The van der Waals surface area contributed by atoms with E-state index in [1.165, 1.54) is 44.9 Å². The number of rotatable bonds is 5. The lowest BCUT2D eigenvalue weighted by Gasteiger charge is -2.36. The van der Waals surface area contributed by atoms with Crippen LogP contribution in [0.5, 0.6) is 0 Å². The minimum atomic E-state index is 0.157. The van der Waals surface area contributed by atoms with Crippen LogP contribution in [0.3, 0.4) is 0 Å². The molecular weight excluding hydrogens is 186 g/mol. The number of hydrogen-bond donors (Lipinski definition) is 1. The molecule has 0 aliphatic heterocycles. The fourth-order valence-corrected chi connectivity index (χ4v) is 2.84. The topological polar surface area (TPSA) is 29.1 Å². The van der Waals surface area contributed by atoms with Crippen LogP contribution in [0.25, 0.3) is 0 Å². The highest BCUT2D eigenvalue weighted by Gasteiger charge is 2.34. The van der Waals surface area contributed by atoms with Gasteiger partial charge in [-0.3, -0.25) is 4.79 Å². The Labute approximate surface area is 92.8 Å². The average molecular weight is 209 g/mol. The molecular formula is C13H23NO.